The van der Waals surface area contributed by atoms with Crippen LogP contribution in [0.1, 0.15) is 19.3 Å². The highest BCUT2D eigenvalue weighted by Gasteiger charge is 2.72. The summed E-state index contributed by atoms with van der Waals surface area (Å²) in [4.78, 5) is 0. The van der Waals surface area contributed by atoms with Crippen LogP contribution in [-0.2, 0) is 9.47 Å². The molecule has 0 bridgehead atoms. The van der Waals surface area contributed by atoms with Crippen molar-refractivity contribution in [2.75, 3.05) is 13.2 Å². The first-order chi connectivity index (χ1) is 6.83. The van der Waals surface area contributed by atoms with Crippen molar-refractivity contribution >= 4 is 0 Å². The molecule has 0 N–H and O–H groups in total. The molecule has 3 saturated carbocycles. The molecule has 14 heavy (non-hydrogen) atoms. The third-order valence-electron chi connectivity index (χ3n) is 4.96. The third-order valence-corrected chi connectivity index (χ3v) is 4.96. The van der Waals surface area contributed by atoms with Crippen LogP contribution in [0.2, 0.25) is 0 Å². The van der Waals surface area contributed by atoms with Gasteiger partial charge in [0.25, 0.3) is 0 Å². The average molecular weight is 192 g/mol. The minimum Gasteiger partial charge on any atom is -0.347 e. The van der Waals surface area contributed by atoms with Gasteiger partial charge < -0.3 is 9.47 Å². The molecule has 4 fully saturated rings. The van der Waals surface area contributed by atoms with E-state index in [0.717, 1.165) is 31.5 Å². The van der Waals surface area contributed by atoms with E-state index in [2.05, 4.69) is 6.58 Å². The highest BCUT2D eigenvalue weighted by atomic mass is 16.7. The van der Waals surface area contributed by atoms with Crippen LogP contribution in [0.25, 0.3) is 0 Å². The molecule has 76 valence electrons. The monoisotopic (exact) mass is 192 g/mol. The second-order valence-electron chi connectivity index (χ2n) is 5.25. The molecular weight excluding hydrogens is 176 g/mol. The van der Waals surface area contributed by atoms with Crippen LogP contribution >= 0.6 is 0 Å². The van der Waals surface area contributed by atoms with Gasteiger partial charge in [-0.2, -0.15) is 0 Å². The standard InChI is InChI=1S/C12H16O2/c1-7-6-10-11-8(7)2-3-9(11)12(10)13-4-5-14-12/h8-11H,1-6H2/t8?,9-,10?,11+/m0/s1. The van der Waals surface area contributed by atoms with E-state index in [1.807, 2.05) is 0 Å². The minimum atomic E-state index is -0.154. The Balaban J connectivity index is 1.76. The number of allylic oxidation sites excluding steroid dienone is 1. The van der Waals surface area contributed by atoms with E-state index in [-0.39, 0.29) is 5.79 Å². The molecule has 0 aromatic rings. The number of ether oxygens (including phenoxy) is 2. The first kappa shape index (κ1) is 7.89. The van der Waals surface area contributed by atoms with Gasteiger partial charge >= 0.3 is 0 Å². The number of hydrogen-bond acceptors (Lipinski definition) is 2. The van der Waals surface area contributed by atoms with Crippen LogP contribution in [-0.4, -0.2) is 19.0 Å². The summed E-state index contributed by atoms with van der Waals surface area (Å²) in [5.41, 5.74) is 1.47. The molecule has 0 aromatic carbocycles. The molecule has 1 saturated heterocycles. The fourth-order valence-electron chi connectivity index (χ4n) is 4.54. The molecule has 4 rings (SSSR count). The topological polar surface area (TPSA) is 18.5 Å². The van der Waals surface area contributed by atoms with Crippen LogP contribution in [0, 0.1) is 23.7 Å². The van der Waals surface area contributed by atoms with Gasteiger partial charge in [0, 0.05) is 11.8 Å². The van der Waals surface area contributed by atoms with Crippen LogP contribution in [0.5, 0.6) is 0 Å². The second-order valence-corrected chi connectivity index (χ2v) is 5.25. The lowest BCUT2D eigenvalue weighted by molar-refractivity contribution is -0.307. The van der Waals surface area contributed by atoms with Gasteiger partial charge in [0.05, 0.1) is 13.2 Å². The van der Waals surface area contributed by atoms with Gasteiger partial charge in [-0.25, -0.2) is 0 Å². The fourth-order valence-corrected chi connectivity index (χ4v) is 4.54. The molecule has 0 amide bonds. The van der Waals surface area contributed by atoms with E-state index in [0.29, 0.717) is 11.8 Å². The van der Waals surface area contributed by atoms with Crippen molar-refractivity contribution in [1.82, 2.24) is 0 Å². The van der Waals surface area contributed by atoms with E-state index in [1.165, 1.54) is 18.4 Å². The zero-order valence-electron chi connectivity index (χ0n) is 8.37. The van der Waals surface area contributed by atoms with Gasteiger partial charge in [-0.3, -0.25) is 0 Å². The summed E-state index contributed by atoms with van der Waals surface area (Å²) in [6, 6.07) is 0. The zero-order chi connectivity index (χ0) is 9.34. The molecule has 3 aliphatic carbocycles. The zero-order valence-corrected chi connectivity index (χ0v) is 8.37. The molecule has 0 aromatic heterocycles. The predicted octanol–water partition coefficient (Wildman–Crippen LogP) is 1.96. The maximum absolute atomic E-state index is 5.91. The molecule has 2 heteroatoms. The van der Waals surface area contributed by atoms with Crippen molar-refractivity contribution < 1.29 is 9.47 Å². The van der Waals surface area contributed by atoms with Crippen molar-refractivity contribution in [3.05, 3.63) is 12.2 Å². The van der Waals surface area contributed by atoms with Gasteiger partial charge in [0.15, 0.2) is 5.79 Å². The summed E-state index contributed by atoms with van der Waals surface area (Å²) in [5, 5.41) is 0. The van der Waals surface area contributed by atoms with E-state index < -0.39 is 0 Å². The molecule has 4 atom stereocenters. The first-order valence-electron chi connectivity index (χ1n) is 5.78. The third kappa shape index (κ3) is 0.636. The van der Waals surface area contributed by atoms with E-state index >= 15 is 0 Å². The molecule has 4 aliphatic rings. The van der Waals surface area contributed by atoms with Crippen molar-refractivity contribution in [3.8, 4) is 0 Å². The first-order valence-corrected chi connectivity index (χ1v) is 5.78. The predicted molar refractivity (Wildman–Crippen MR) is 51.6 cm³/mol. The van der Waals surface area contributed by atoms with Crippen molar-refractivity contribution in [2.45, 2.75) is 25.0 Å². The Hall–Kier alpha value is -0.340. The summed E-state index contributed by atoms with van der Waals surface area (Å²) in [6.45, 7) is 5.82. The van der Waals surface area contributed by atoms with E-state index in [9.17, 15) is 0 Å². The maximum Gasteiger partial charge on any atom is 0.174 e. The van der Waals surface area contributed by atoms with Gasteiger partial charge in [0.2, 0.25) is 0 Å². The summed E-state index contributed by atoms with van der Waals surface area (Å²) >= 11 is 0. The van der Waals surface area contributed by atoms with Crippen LogP contribution in [0.4, 0.5) is 0 Å². The second kappa shape index (κ2) is 2.25. The maximum atomic E-state index is 5.91. The molecule has 1 aliphatic heterocycles. The molecule has 1 heterocycles. The van der Waals surface area contributed by atoms with Crippen LogP contribution in [0.3, 0.4) is 0 Å². The molecule has 2 unspecified atom stereocenters. The Morgan fingerprint density at radius 3 is 2.71 bits per heavy atom. The van der Waals surface area contributed by atoms with Crippen LogP contribution in [0.15, 0.2) is 12.2 Å². The lowest BCUT2D eigenvalue weighted by Gasteiger charge is -2.53. The van der Waals surface area contributed by atoms with E-state index in [1.54, 1.807) is 0 Å². The lowest BCUT2D eigenvalue weighted by atomic mass is 9.62. The summed E-state index contributed by atoms with van der Waals surface area (Å²) in [5.74, 6) is 2.86. The smallest absolute Gasteiger partial charge is 0.174 e. The largest absolute Gasteiger partial charge is 0.347 e. The lowest BCUT2D eigenvalue weighted by Crippen LogP contribution is -2.60. The highest BCUT2D eigenvalue weighted by Crippen LogP contribution is 2.70. The number of fused-ring (bicyclic) bond motifs is 2. The normalized spacial score (nSPS) is 52.4. The van der Waals surface area contributed by atoms with Crippen molar-refractivity contribution in [1.29, 1.82) is 0 Å². The van der Waals surface area contributed by atoms with Gasteiger partial charge in [-0.1, -0.05) is 12.2 Å². The number of hydrogen-bond donors (Lipinski definition) is 0. The van der Waals surface area contributed by atoms with Crippen LogP contribution < -0.4 is 0 Å². The Bertz CT molecular complexity index is 303. The Morgan fingerprint density at radius 1 is 1.14 bits per heavy atom. The Labute approximate surface area is 84.3 Å². The molecular formula is C12H16O2. The fraction of sp³-hybridized carbons (Fsp3) is 0.833. The Morgan fingerprint density at radius 2 is 1.93 bits per heavy atom. The van der Waals surface area contributed by atoms with E-state index in [4.69, 9.17) is 9.47 Å². The molecule has 1 spiro atoms. The van der Waals surface area contributed by atoms with Crippen molar-refractivity contribution in [3.63, 3.8) is 0 Å². The molecule has 2 nitrogen and oxygen atoms in total. The highest BCUT2D eigenvalue weighted by molar-refractivity contribution is 5.26. The quantitative estimate of drug-likeness (QED) is 0.546. The minimum absolute atomic E-state index is 0.154. The summed E-state index contributed by atoms with van der Waals surface area (Å²) < 4.78 is 11.8. The molecule has 0 radical (unpaired) electrons. The van der Waals surface area contributed by atoms with Gasteiger partial charge in [0.1, 0.15) is 0 Å². The summed E-state index contributed by atoms with van der Waals surface area (Å²) in [7, 11) is 0. The average Bonchev–Trinajstić information content (AvgIpc) is 2.80. The van der Waals surface area contributed by atoms with Gasteiger partial charge in [-0.15, -0.1) is 0 Å². The number of rotatable bonds is 0. The van der Waals surface area contributed by atoms with Gasteiger partial charge in [-0.05, 0) is 31.1 Å². The SMILES string of the molecule is C=C1CC2[C@@H]3C1CC[C@@H]3C21OCCO1. The Kier molecular flexibility index (Phi) is 1.27. The van der Waals surface area contributed by atoms with Crippen molar-refractivity contribution in [2.24, 2.45) is 23.7 Å². The summed E-state index contributed by atoms with van der Waals surface area (Å²) in [6.07, 6.45) is 3.79.